The largest absolute Gasteiger partial charge is 1.00 e. The number of aliphatic hydroxyl groups is 1. The van der Waals surface area contributed by atoms with E-state index in [4.69, 9.17) is 5.11 Å². The van der Waals surface area contributed by atoms with Gasteiger partial charge in [0.15, 0.2) is 0 Å². The average molecular weight is 444 g/mol. The molecule has 122 valence electrons. The fourth-order valence-electron chi connectivity index (χ4n) is 2.65. The molecule has 0 radical (unpaired) electrons. The first kappa shape index (κ1) is 22.9. The van der Waals surface area contributed by atoms with Gasteiger partial charge in [-0.15, -0.1) is 5.56 Å². The third kappa shape index (κ3) is 6.40. The number of fused-ring (bicyclic) bond motifs is 1. The Labute approximate surface area is 166 Å². The second-order valence-electron chi connectivity index (χ2n) is 5.45. The summed E-state index contributed by atoms with van der Waals surface area (Å²) in [7, 11) is 0. The minimum absolute atomic E-state index is 0. The maximum absolute atomic E-state index is 9.13. The van der Waals surface area contributed by atoms with Crippen LogP contribution in [0.25, 0.3) is 5.57 Å². The summed E-state index contributed by atoms with van der Waals surface area (Å²) in [5.74, 6) is 0.364. The van der Waals surface area contributed by atoms with Gasteiger partial charge in [0.25, 0.3) is 0 Å². The fourth-order valence-corrected chi connectivity index (χ4v) is 2.65. The van der Waals surface area contributed by atoms with Gasteiger partial charge in [0.2, 0.25) is 0 Å². The first-order valence-corrected chi connectivity index (χ1v) is 13.5. The number of rotatable bonds is 3. The molecule has 23 heavy (non-hydrogen) atoms. The van der Waals surface area contributed by atoms with Crippen LogP contribution in [-0.4, -0.2) is 17.1 Å². The molecule has 0 fully saturated rings. The molecule has 0 heterocycles. The molecule has 0 aromatic heterocycles. The fraction of sp³-hybridized carbons (Fsp3) is 0.278. The van der Waals surface area contributed by atoms with Gasteiger partial charge in [-0.05, 0) is 29.0 Å². The summed E-state index contributed by atoms with van der Waals surface area (Å²) in [5, 5.41) is 9.13. The van der Waals surface area contributed by atoms with Crippen LogP contribution in [-0.2, 0) is 23.3 Å². The average Bonchev–Trinajstić information content (AvgIpc) is 3.06. The van der Waals surface area contributed by atoms with E-state index in [1.807, 2.05) is 0 Å². The van der Waals surface area contributed by atoms with Crippen molar-refractivity contribution < 1.29 is 53.3 Å². The Kier molecular flexibility index (Phi) is 11.5. The predicted molar refractivity (Wildman–Crippen MR) is 87.5 cm³/mol. The van der Waals surface area contributed by atoms with E-state index in [1.165, 1.54) is 22.3 Å². The molecule has 0 bridgehead atoms. The van der Waals surface area contributed by atoms with Crippen molar-refractivity contribution >= 4 is 11.0 Å². The number of hydrogen-bond acceptors (Lipinski definition) is 1. The number of halogens is 2. The topological polar surface area (TPSA) is 20.2 Å². The molecule has 0 spiro atoms. The number of allylic oxidation sites excluding steroid dienone is 1. The SMILES string of the molecule is C[Si](C)=[Zr+2].OCCC1=CC([c-]2cccc2)c2ccccc21.[Cl-].[Cl-]. The van der Waals surface area contributed by atoms with Crippen LogP contribution in [0.5, 0.6) is 0 Å². The zero-order valence-corrected chi connectivity index (χ0v) is 18.4. The van der Waals surface area contributed by atoms with E-state index in [1.54, 1.807) is 23.3 Å². The molecular weight excluding hydrogens is 422 g/mol. The Morgan fingerprint density at radius 1 is 1.09 bits per heavy atom. The van der Waals surface area contributed by atoms with Gasteiger partial charge >= 0.3 is 41.9 Å². The van der Waals surface area contributed by atoms with Crippen molar-refractivity contribution in [2.24, 2.45) is 0 Å². The Balaban J connectivity index is 0.000000731. The molecule has 1 aliphatic rings. The first-order valence-electron chi connectivity index (χ1n) is 7.27. The molecule has 1 N–H and O–H groups in total. The number of aliphatic hydroxyl groups excluding tert-OH is 1. The van der Waals surface area contributed by atoms with Crippen LogP contribution in [0, 0.1) is 0 Å². The molecule has 3 rings (SSSR count). The van der Waals surface area contributed by atoms with Crippen molar-refractivity contribution in [1.29, 1.82) is 0 Å². The monoisotopic (exact) mass is 441 g/mol. The van der Waals surface area contributed by atoms with Crippen LogP contribution in [0.2, 0.25) is 13.1 Å². The van der Waals surface area contributed by atoms with Gasteiger partial charge in [0, 0.05) is 6.61 Å². The van der Waals surface area contributed by atoms with Crippen molar-refractivity contribution in [3.05, 3.63) is 71.3 Å². The Bertz CT molecular complexity index is 634. The molecule has 1 unspecified atom stereocenters. The van der Waals surface area contributed by atoms with E-state index in [-0.39, 0.29) is 36.9 Å². The zero-order valence-electron chi connectivity index (χ0n) is 13.4. The van der Waals surface area contributed by atoms with E-state index in [2.05, 4.69) is 67.7 Å². The van der Waals surface area contributed by atoms with E-state index >= 15 is 0 Å². The van der Waals surface area contributed by atoms with Gasteiger partial charge < -0.3 is 29.9 Å². The molecule has 0 saturated heterocycles. The molecule has 1 atom stereocenters. The minimum Gasteiger partial charge on any atom is -1.00 e. The third-order valence-corrected chi connectivity index (χ3v) is 3.44. The second-order valence-corrected chi connectivity index (χ2v) is 14.8. The summed E-state index contributed by atoms with van der Waals surface area (Å²) in [6.07, 6.45) is 3.03. The summed E-state index contributed by atoms with van der Waals surface area (Å²) in [4.78, 5) is 0. The van der Waals surface area contributed by atoms with Gasteiger partial charge in [-0.1, -0.05) is 30.3 Å². The second kappa shape index (κ2) is 11.5. The first-order chi connectivity index (χ1) is 10.1. The van der Waals surface area contributed by atoms with Gasteiger partial charge in [-0.2, -0.15) is 12.1 Å². The van der Waals surface area contributed by atoms with E-state index < -0.39 is 0 Å². The predicted octanol–water partition coefficient (Wildman–Crippen LogP) is -1.89. The summed E-state index contributed by atoms with van der Waals surface area (Å²) < 4.78 is 0. The summed E-state index contributed by atoms with van der Waals surface area (Å²) in [5.41, 5.74) is 5.48. The quantitative estimate of drug-likeness (QED) is 0.435. The van der Waals surface area contributed by atoms with Crippen LogP contribution in [0.3, 0.4) is 0 Å². The molecule has 0 saturated carbocycles. The molecule has 1 nitrogen and oxygen atoms in total. The van der Waals surface area contributed by atoms with E-state index in [0.717, 1.165) is 6.42 Å². The Morgan fingerprint density at radius 2 is 1.65 bits per heavy atom. The Morgan fingerprint density at radius 3 is 2.22 bits per heavy atom. The van der Waals surface area contributed by atoms with Gasteiger partial charge in [0.1, 0.15) is 0 Å². The van der Waals surface area contributed by atoms with Crippen LogP contribution >= 0.6 is 0 Å². The Hall–Kier alpha value is -0.0500. The standard InChI is InChI=1S/C16H15O.C2H6Si.2ClH.Zr/c17-10-9-13-11-16(12-5-1-2-6-12)15-8-4-3-7-14(13)15;1-3-2;;;/h1-8,11,16-17H,9-10H2;1-2H3;2*1H;/q-1;;;;+2/p-2. The molecular formula is C18H21Cl2OSiZr-. The maximum atomic E-state index is 9.13. The summed E-state index contributed by atoms with van der Waals surface area (Å²) >= 11 is 1.74. The van der Waals surface area contributed by atoms with Crippen LogP contribution < -0.4 is 24.8 Å². The summed E-state index contributed by atoms with van der Waals surface area (Å²) in [6, 6.07) is 17.0. The summed E-state index contributed by atoms with van der Waals surface area (Å²) in [6.45, 7) is 4.83. The molecule has 0 amide bonds. The molecule has 2 aromatic rings. The maximum Gasteiger partial charge on any atom is 0.0471 e. The van der Waals surface area contributed by atoms with Crippen molar-refractivity contribution in [3.8, 4) is 0 Å². The van der Waals surface area contributed by atoms with Crippen LogP contribution in [0.1, 0.15) is 29.0 Å². The minimum atomic E-state index is 0. The van der Waals surface area contributed by atoms with E-state index in [9.17, 15) is 0 Å². The van der Waals surface area contributed by atoms with E-state index in [0.29, 0.717) is 5.92 Å². The van der Waals surface area contributed by atoms with Crippen molar-refractivity contribution in [2.75, 3.05) is 6.61 Å². The van der Waals surface area contributed by atoms with Gasteiger partial charge in [0.05, 0.1) is 0 Å². The van der Waals surface area contributed by atoms with Crippen molar-refractivity contribution in [1.82, 2.24) is 0 Å². The van der Waals surface area contributed by atoms with Crippen molar-refractivity contribution in [3.63, 3.8) is 0 Å². The molecule has 2 aromatic carbocycles. The van der Waals surface area contributed by atoms with Crippen LogP contribution in [0.15, 0.2) is 54.6 Å². The molecule has 1 aliphatic carbocycles. The molecule has 5 heteroatoms. The smallest absolute Gasteiger partial charge is 0.0471 e. The number of benzene rings is 1. The molecule has 0 aliphatic heterocycles. The van der Waals surface area contributed by atoms with Crippen molar-refractivity contribution in [2.45, 2.75) is 25.4 Å². The number of hydrogen-bond donors (Lipinski definition) is 1. The third-order valence-electron chi connectivity index (χ3n) is 3.44. The van der Waals surface area contributed by atoms with Gasteiger partial charge in [-0.3, -0.25) is 0 Å². The van der Waals surface area contributed by atoms with Gasteiger partial charge in [-0.25, -0.2) is 12.1 Å². The normalized spacial score (nSPS) is 14.5. The van der Waals surface area contributed by atoms with Crippen LogP contribution in [0.4, 0.5) is 0 Å². The zero-order chi connectivity index (χ0) is 15.2.